The van der Waals surface area contributed by atoms with Gasteiger partial charge in [-0.3, -0.25) is 4.99 Å². The number of halogens is 1. The lowest BCUT2D eigenvalue weighted by molar-refractivity contribution is 0.682. The van der Waals surface area contributed by atoms with Crippen LogP contribution >= 0.6 is 22.6 Å². The lowest BCUT2D eigenvalue weighted by Gasteiger charge is -2.20. The van der Waals surface area contributed by atoms with Crippen molar-refractivity contribution in [3.63, 3.8) is 0 Å². The molecule has 0 aromatic carbocycles. The van der Waals surface area contributed by atoms with Crippen LogP contribution in [0.3, 0.4) is 0 Å². The van der Waals surface area contributed by atoms with Gasteiger partial charge in [0, 0.05) is 15.7 Å². The van der Waals surface area contributed by atoms with Crippen LogP contribution in [-0.4, -0.2) is 12.3 Å². The van der Waals surface area contributed by atoms with Crippen molar-refractivity contribution in [2.24, 2.45) is 10.9 Å². The van der Waals surface area contributed by atoms with E-state index in [-0.39, 0.29) is 0 Å². The van der Waals surface area contributed by atoms with Crippen LogP contribution in [0.2, 0.25) is 0 Å². The molecule has 0 bridgehead atoms. The standard InChI is InChI=1S/C9H8IN/c10-8-3-4-9-7(6-8)2-1-5-11-9/h1-7,9H. The molecule has 1 aliphatic heterocycles. The molecule has 2 unspecified atom stereocenters. The van der Waals surface area contributed by atoms with Crippen molar-refractivity contribution in [1.29, 1.82) is 0 Å². The summed E-state index contributed by atoms with van der Waals surface area (Å²) in [5, 5.41) is 0. The van der Waals surface area contributed by atoms with Crippen LogP contribution in [-0.2, 0) is 0 Å². The Balaban J connectivity index is 2.29. The molecule has 0 radical (unpaired) electrons. The van der Waals surface area contributed by atoms with Crippen LogP contribution in [0.5, 0.6) is 0 Å². The molecule has 2 heteroatoms. The summed E-state index contributed by atoms with van der Waals surface area (Å²) >= 11 is 2.33. The van der Waals surface area contributed by atoms with Crippen LogP contribution < -0.4 is 0 Å². The van der Waals surface area contributed by atoms with Crippen molar-refractivity contribution >= 4 is 28.8 Å². The number of fused-ring (bicyclic) bond motifs is 1. The minimum atomic E-state index is 0.360. The first-order valence-corrected chi connectivity index (χ1v) is 4.69. The van der Waals surface area contributed by atoms with Gasteiger partial charge in [-0.1, -0.05) is 24.3 Å². The summed E-state index contributed by atoms with van der Waals surface area (Å²) in [5.74, 6) is 0.497. The van der Waals surface area contributed by atoms with E-state index in [0.717, 1.165) is 0 Å². The van der Waals surface area contributed by atoms with Gasteiger partial charge >= 0.3 is 0 Å². The highest BCUT2D eigenvalue weighted by Gasteiger charge is 2.17. The van der Waals surface area contributed by atoms with Crippen LogP contribution in [0.4, 0.5) is 0 Å². The number of hydrogen-bond acceptors (Lipinski definition) is 1. The lowest BCUT2D eigenvalue weighted by atomic mass is 9.94. The van der Waals surface area contributed by atoms with E-state index in [0.29, 0.717) is 12.0 Å². The fourth-order valence-electron chi connectivity index (χ4n) is 1.30. The largest absolute Gasteiger partial charge is 0.285 e. The summed E-state index contributed by atoms with van der Waals surface area (Å²) in [7, 11) is 0. The quantitative estimate of drug-likeness (QED) is 0.591. The summed E-state index contributed by atoms with van der Waals surface area (Å²) in [6.45, 7) is 0. The number of allylic oxidation sites excluding steroid dienone is 3. The van der Waals surface area contributed by atoms with E-state index in [2.05, 4.69) is 51.9 Å². The lowest BCUT2D eigenvalue weighted by Crippen LogP contribution is -2.17. The second kappa shape index (κ2) is 2.93. The molecule has 1 aliphatic carbocycles. The molecule has 0 aromatic heterocycles. The van der Waals surface area contributed by atoms with Crippen molar-refractivity contribution in [1.82, 2.24) is 0 Å². The maximum Gasteiger partial charge on any atom is 0.0780 e. The predicted molar refractivity (Wildman–Crippen MR) is 56.2 cm³/mol. The molecule has 0 N–H and O–H groups in total. The Morgan fingerprint density at radius 3 is 3.18 bits per heavy atom. The zero-order chi connectivity index (χ0) is 7.68. The Labute approximate surface area is 79.7 Å². The Morgan fingerprint density at radius 1 is 1.36 bits per heavy atom. The third kappa shape index (κ3) is 1.45. The van der Waals surface area contributed by atoms with Gasteiger partial charge in [-0.15, -0.1) is 0 Å². The zero-order valence-corrected chi connectivity index (χ0v) is 8.10. The van der Waals surface area contributed by atoms with E-state index < -0.39 is 0 Å². The molecule has 0 amide bonds. The van der Waals surface area contributed by atoms with Gasteiger partial charge in [0.1, 0.15) is 0 Å². The van der Waals surface area contributed by atoms with Gasteiger partial charge in [0.2, 0.25) is 0 Å². The van der Waals surface area contributed by atoms with Gasteiger partial charge in [-0.2, -0.15) is 0 Å². The average Bonchev–Trinajstić information content (AvgIpc) is 2.04. The number of rotatable bonds is 0. The first kappa shape index (κ1) is 7.28. The van der Waals surface area contributed by atoms with Gasteiger partial charge in [0.15, 0.2) is 0 Å². The molecule has 2 rings (SSSR count). The molecular weight excluding hydrogens is 249 g/mol. The second-order valence-electron chi connectivity index (χ2n) is 2.66. The van der Waals surface area contributed by atoms with Crippen molar-refractivity contribution in [2.75, 3.05) is 0 Å². The van der Waals surface area contributed by atoms with Gasteiger partial charge in [0.05, 0.1) is 6.04 Å². The fraction of sp³-hybridized carbons (Fsp3) is 0.222. The molecule has 2 aliphatic rings. The van der Waals surface area contributed by atoms with Crippen LogP contribution in [0, 0.1) is 5.92 Å². The molecule has 0 aromatic rings. The topological polar surface area (TPSA) is 12.4 Å². The second-order valence-corrected chi connectivity index (χ2v) is 3.91. The molecule has 56 valence electrons. The Morgan fingerprint density at radius 2 is 2.27 bits per heavy atom. The van der Waals surface area contributed by atoms with Crippen molar-refractivity contribution < 1.29 is 0 Å². The summed E-state index contributed by atoms with van der Waals surface area (Å²) in [4.78, 5) is 4.34. The van der Waals surface area contributed by atoms with E-state index in [1.165, 1.54) is 3.58 Å². The molecular formula is C9H8IN. The monoisotopic (exact) mass is 257 g/mol. The SMILES string of the molecule is IC1=CC2C=CC=NC2C=C1. The fourth-order valence-corrected chi connectivity index (χ4v) is 1.93. The van der Waals surface area contributed by atoms with Crippen LogP contribution in [0.1, 0.15) is 0 Å². The smallest absolute Gasteiger partial charge is 0.0780 e. The highest BCUT2D eigenvalue weighted by molar-refractivity contribution is 14.1. The Kier molecular flexibility index (Phi) is 1.94. The summed E-state index contributed by atoms with van der Waals surface area (Å²) in [6, 6.07) is 0.360. The molecule has 1 nitrogen and oxygen atoms in total. The third-order valence-corrected chi connectivity index (χ3v) is 2.60. The molecule has 2 atom stereocenters. The maximum atomic E-state index is 4.34. The number of aliphatic imine (C=N–C) groups is 1. The summed E-state index contributed by atoms with van der Waals surface area (Å²) < 4.78 is 1.31. The number of hydrogen-bond donors (Lipinski definition) is 0. The van der Waals surface area contributed by atoms with Crippen molar-refractivity contribution in [2.45, 2.75) is 6.04 Å². The van der Waals surface area contributed by atoms with E-state index in [9.17, 15) is 0 Å². The first-order valence-electron chi connectivity index (χ1n) is 3.62. The van der Waals surface area contributed by atoms with Gasteiger partial charge in [-0.25, -0.2) is 0 Å². The summed E-state index contributed by atoms with van der Waals surface area (Å²) in [5.41, 5.74) is 0. The Hall–Kier alpha value is -0.380. The van der Waals surface area contributed by atoms with Gasteiger partial charge in [-0.05, 0) is 28.7 Å². The Bertz CT molecular complexity index is 273. The normalized spacial score (nSPS) is 33.4. The predicted octanol–water partition coefficient (Wildman–Crippen LogP) is 2.50. The first-order chi connectivity index (χ1) is 5.36. The van der Waals surface area contributed by atoms with E-state index in [1.54, 1.807) is 0 Å². The number of nitrogens with zero attached hydrogens (tertiary/aromatic N) is 1. The van der Waals surface area contributed by atoms with E-state index >= 15 is 0 Å². The highest BCUT2D eigenvalue weighted by Crippen LogP contribution is 2.25. The van der Waals surface area contributed by atoms with Crippen LogP contribution in [0.15, 0.2) is 39.0 Å². The molecule has 0 saturated heterocycles. The minimum absolute atomic E-state index is 0.360. The molecule has 0 spiro atoms. The summed E-state index contributed by atoms with van der Waals surface area (Å²) in [6.07, 6.45) is 12.6. The third-order valence-electron chi connectivity index (χ3n) is 1.88. The number of dihydropyridines is 1. The maximum absolute atomic E-state index is 4.34. The zero-order valence-electron chi connectivity index (χ0n) is 5.94. The van der Waals surface area contributed by atoms with Crippen molar-refractivity contribution in [3.8, 4) is 0 Å². The molecule has 0 fully saturated rings. The minimum Gasteiger partial charge on any atom is -0.285 e. The van der Waals surface area contributed by atoms with Gasteiger partial charge < -0.3 is 0 Å². The molecule has 11 heavy (non-hydrogen) atoms. The van der Waals surface area contributed by atoms with Crippen LogP contribution in [0.25, 0.3) is 0 Å². The average molecular weight is 257 g/mol. The molecule has 1 heterocycles. The molecule has 0 saturated carbocycles. The van der Waals surface area contributed by atoms with Gasteiger partial charge in [0.25, 0.3) is 0 Å². The van der Waals surface area contributed by atoms with E-state index in [4.69, 9.17) is 0 Å². The van der Waals surface area contributed by atoms with Crippen molar-refractivity contribution in [3.05, 3.63) is 34.0 Å². The van der Waals surface area contributed by atoms with E-state index in [1.807, 2.05) is 12.3 Å². The highest BCUT2D eigenvalue weighted by atomic mass is 127.